The predicted molar refractivity (Wildman–Crippen MR) is 240 cm³/mol. The lowest BCUT2D eigenvalue weighted by Crippen LogP contribution is -2.42. The van der Waals surface area contributed by atoms with Gasteiger partial charge in [0, 0.05) is 38.5 Å². The van der Waals surface area contributed by atoms with Crippen molar-refractivity contribution in [1.82, 2.24) is 10.6 Å². The van der Waals surface area contributed by atoms with Crippen LogP contribution in [-0.4, -0.2) is 73.2 Å². The number of ether oxygens (including phenoxy) is 4. The Kier molecular flexibility index (Phi) is 31.8. The van der Waals surface area contributed by atoms with Gasteiger partial charge in [-0.05, 0) is 88.9 Å². The molecule has 3 rings (SSSR count). The highest BCUT2D eigenvalue weighted by Crippen LogP contribution is 2.25. The molecule has 2 aliphatic heterocycles. The van der Waals surface area contributed by atoms with Crippen LogP contribution in [0.1, 0.15) is 219 Å². The second-order valence-corrected chi connectivity index (χ2v) is 17.0. The van der Waals surface area contributed by atoms with Gasteiger partial charge in [0.15, 0.2) is 0 Å². The first kappa shape index (κ1) is 54.1. The van der Waals surface area contributed by atoms with E-state index >= 15 is 0 Å². The minimum Gasteiger partial charge on any atom is -0.464 e. The molecule has 0 saturated heterocycles. The van der Waals surface area contributed by atoms with Gasteiger partial charge in [0.1, 0.15) is 24.3 Å². The summed E-state index contributed by atoms with van der Waals surface area (Å²) in [5.41, 5.74) is 0. The lowest BCUT2D eigenvalue weighted by Gasteiger charge is -2.28. The highest BCUT2D eigenvalue weighted by molar-refractivity contribution is 5.85. The Balaban J connectivity index is 1.96. The fourth-order valence-corrected chi connectivity index (χ4v) is 7.54. The van der Waals surface area contributed by atoms with Gasteiger partial charge in [0.05, 0.1) is 13.2 Å². The van der Waals surface area contributed by atoms with Gasteiger partial charge in [-0.15, -0.1) is 0 Å². The summed E-state index contributed by atoms with van der Waals surface area (Å²) in [6.45, 7) is 4.93. The first-order valence-corrected chi connectivity index (χ1v) is 24.5. The summed E-state index contributed by atoms with van der Waals surface area (Å²) in [4.78, 5) is 77.8. The van der Waals surface area contributed by atoms with Crippen LogP contribution in [0, 0.1) is 23.7 Å². The monoisotopic (exact) mass is 869 g/mol. The Labute approximate surface area is 373 Å². The summed E-state index contributed by atoms with van der Waals surface area (Å²) < 4.78 is 22.6. The van der Waals surface area contributed by atoms with Gasteiger partial charge in [-0.25, -0.2) is 9.59 Å². The van der Waals surface area contributed by atoms with E-state index in [0.29, 0.717) is 64.2 Å². The van der Waals surface area contributed by atoms with E-state index < -0.39 is 36.0 Å². The molecule has 12 heteroatoms. The zero-order valence-corrected chi connectivity index (χ0v) is 38.4. The van der Waals surface area contributed by atoms with E-state index in [0.717, 1.165) is 38.5 Å². The Morgan fingerprint density at radius 1 is 0.500 bits per heavy atom. The molecular weight excluding hydrogens is 789 g/mol. The zero-order valence-electron chi connectivity index (χ0n) is 38.4. The van der Waals surface area contributed by atoms with Gasteiger partial charge in [-0.3, -0.25) is 19.2 Å². The molecule has 2 atom stereocenters. The molecule has 1 fully saturated rings. The minimum atomic E-state index is -0.959. The second-order valence-electron chi connectivity index (χ2n) is 17.0. The average molecular weight is 869 g/mol. The highest BCUT2D eigenvalue weighted by atomic mass is 16.6. The van der Waals surface area contributed by atoms with Crippen molar-refractivity contribution in [3.05, 3.63) is 0 Å². The largest absolute Gasteiger partial charge is 0.464 e. The molecular formula is C50H80N2O10. The van der Waals surface area contributed by atoms with Crippen molar-refractivity contribution in [1.29, 1.82) is 0 Å². The van der Waals surface area contributed by atoms with Crippen LogP contribution < -0.4 is 10.6 Å². The van der Waals surface area contributed by atoms with Gasteiger partial charge in [-0.2, -0.15) is 0 Å². The molecule has 0 unspecified atom stereocenters. The van der Waals surface area contributed by atoms with Crippen LogP contribution in [0.25, 0.3) is 0 Å². The van der Waals surface area contributed by atoms with Crippen molar-refractivity contribution in [3.63, 3.8) is 0 Å². The maximum absolute atomic E-state index is 13.1. The number of esters is 4. The molecule has 62 heavy (non-hydrogen) atoms. The fraction of sp³-hybridized carbons (Fsp3) is 0.800. The smallest absolute Gasteiger partial charge is 0.328 e. The molecule has 350 valence electrons. The van der Waals surface area contributed by atoms with Gasteiger partial charge < -0.3 is 29.6 Å². The molecule has 0 aromatic carbocycles. The second kappa shape index (κ2) is 36.4. The van der Waals surface area contributed by atoms with Crippen LogP contribution in [0.3, 0.4) is 0 Å². The van der Waals surface area contributed by atoms with Gasteiger partial charge in [-0.1, -0.05) is 116 Å². The molecule has 1 saturated carbocycles. The van der Waals surface area contributed by atoms with Crippen molar-refractivity contribution < 1.29 is 47.7 Å². The van der Waals surface area contributed by atoms with Gasteiger partial charge in [0.25, 0.3) is 0 Å². The summed E-state index contributed by atoms with van der Waals surface area (Å²) in [5, 5.41) is 5.58. The lowest BCUT2D eigenvalue weighted by molar-refractivity contribution is -0.159. The van der Waals surface area contributed by atoms with E-state index in [1.165, 1.54) is 64.2 Å². The summed E-state index contributed by atoms with van der Waals surface area (Å²) in [6, 6.07) is -1.92. The average Bonchev–Trinajstić information content (AvgIpc) is 3.25. The highest BCUT2D eigenvalue weighted by Gasteiger charge is 2.29. The Hall–Kier alpha value is -4.06. The standard InChI is InChI=1S/C50H80N2O10/c1-3-5-7-9-11-19-23-27-39-59-49(57)43-35-37-47(55)61-41-31-33-42(34-32-41)62-48(56)38-36-44(50(58)60-40-28-24-20-12-10-8-6-4-2)52-46(54)30-26-22-18-16-14-13-15-17-21-25-29-45(53)51-43/h41-44H,3-12,17-40H2,1-2H3,(H,51,53)(H,52,54)/t41?,42?,43-,44-/m0/s1. The van der Waals surface area contributed by atoms with Crippen LogP contribution >= 0.6 is 0 Å². The molecule has 3 aliphatic rings. The third-order valence-corrected chi connectivity index (χ3v) is 11.4. The normalized spacial score (nSPS) is 21.6. The fourth-order valence-electron chi connectivity index (χ4n) is 7.54. The van der Waals surface area contributed by atoms with Crippen molar-refractivity contribution >= 4 is 35.7 Å². The molecule has 2 bridgehead atoms. The lowest BCUT2D eigenvalue weighted by atomic mass is 9.95. The SMILES string of the molecule is CCCCCCCCCCOC(=O)[C@@H]1CCC(=O)OC2CCC(CC2)OC(=O)CC[C@@H](C(=O)OCCCCCCCCCC)NC(=O)CCCCC#CC#CCCCCC(=O)N1. The molecule has 0 aromatic heterocycles. The Bertz CT molecular complexity index is 1310. The predicted octanol–water partition coefficient (Wildman–Crippen LogP) is 9.42. The van der Waals surface area contributed by atoms with Crippen molar-refractivity contribution in [2.75, 3.05) is 13.2 Å². The number of rotatable bonds is 20. The number of fused-ring (bicyclic) bond motifs is 25. The number of carbonyl (C=O) groups is 6. The van der Waals surface area contributed by atoms with Gasteiger partial charge >= 0.3 is 23.9 Å². The van der Waals surface area contributed by atoms with Crippen molar-refractivity contribution in [3.8, 4) is 23.7 Å². The molecule has 2 heterocycles. The van der Waals surface area contributed by atoms with Crippen molar-refractivity contribution in [2.24, 2.45) is 0 Å². The van der Waals surface area contributed by atoms with Crippen LogP contribution in [0.15, 0.2) is 0 Å². The van der Waals surface area contributed by atoms with Crippen LogP contribution in [0.2, 0.25) is 0 Å². The van der Waals surface area contributed by atoms with E-state index in [1.54, 1.807) is 0 Å². The third-order valence-electron chi connectivity index (χ3n) is 11.4. The molecule has 0 spiro atoms. The summed E-state index contributed by atoms with van der Waals surface area (Å²) in [7, 11) is 0. The quantitative estimate of drug-likeness (QED) is 0.0522. The van der Waals surface area contributed by atoms with Crippen LogP contribution in [-0.2, 0) is 47.7 Å². The number of unbranched alkanes of at least 4 members (excludes halogenated alkanes) is 14. The first-order chi connectivity index (χ1) is 30.2. The van der Waals surface area contributed by atoms with E-state index in [-0.39, 0.29) is 75.8 Å². The van der Waals surface area contributed by atoms with Crippen molar-refractivity contribution in [2.45, 2.75) is 244 Å². The molecule has 0 aromatic rings. The summed E-state index contributed by atoms with van der Waals surface area (Å²) in [5.74, 6) is 9.10. The maximum atomic E-state index is 13.1. The summed E-state index contributed by atoms with van der Waals surface area (Å²) >= 11 is 0. The Morgan fingerprint density at radius 3 is 1.23 bits per heavy atom. The molecule has 1 aliphatic carbocycles. The molecule has 2 N–H and O–H groups in total. The number of hydrogen-bond acceptors (Lipinski definition) is 10. The number of amides is 2. The van der Waals surface area contributed by atoms with Crippen LogP contribution in [0.5, 0.6) is 0 Å². The molecule has 0 radical (unpaired) electrons. The van der Waals surface area contributed by atoms with E-state index in [2.05, 4.69) is 48.2 Å². The number of hydrogen-bond donors (Lipinski definition) is 2. The molecule has 2 amide bonds. The van der Waals surface area contributed by atoms with E-state index in [4.69, 9.17) is 18.9 Å². The summed E-state index contributed by atoms with van der Waals surface area (Å²) in [6.07, 6.45) is 23.2. The number of nitrogens with one attached hydrogen (secondary N) is 2. The zero-order chi connectivity index (χ0) is 44.9. The van der Waals surface area contributed by atoms with Gasteiger partial charge in [0.2, 0.25) is 11.8 Å². The van der Waals surface area contributed by atoms with Crippen LogP contribution in [0.4, 0.5) is 0 Å². The van der Waals surface area contributed by atoms with E-state index in [1.807, 2.05) is 0 Å². The maximum Gasteiger partial charge on any atom is 0.328 e. The minimum absolute atomic E-state index is 0.0616. The van der Waals surface area contributed by atoms with E-state index in [9.17, 15) is 28.8 Å². The third kappa shape index (κ3) is 28.5. The number of carbonyl (C=O) groups excluding carboxylic acids is 6. The topological polar surface area (TPSA) is 163 Å². The molecule has 12 nitrogen and oxygen atoms in total. The first-order valence-electron chi connectivity index (χ1n) is 24.5. The Morgan fingerprint density at radius 2 is 0.855 bits per heavy atom.